The SMILES string of the molecule is C#C[C@]1(O)[C@H](n2cc(F)c3c(C)ncnc32)O[C@](F)(CO)[C@H]1O. The first-order chi connectivity index (χ1) is 10.8. The molecular weight excluding hydrogens is 312 g/mol. The minimum atomic E-state index is -3.00. The van der Waals surface area contributed by atoms with Crippen molar-refractivity contribution in [3.63, 3.8) is 0 Å². The minimum Gasteiger partial charge on any atom is -0.390 e. The molecule has 0 aromatic carbocycles. The molecule has 0 amide bonds. The lowest BCUT2D eigenvalue weighted by Gasteiger charge is -2.26. The summed E-state index contributed by atoms with van der Waals surface area (Å²) in [6.07, 6.45) is 3.35. The summed E-state index contributed by atoms with van der Waals surface area (Å²) in [6, 6.07) is 0. The highest BCUT2D eigenvalue weighted by molar-refractivity contribution is 5.79. The van der Waals surface area contributed by atoms with Crippen LogP contribution in [0, 0.1) is 25.1 Å². The Labute approximate surface area is 129 Å². The second-order valence-electron chi connectivity index (χ2n) is 5.33. The van der Waals surface area contributed by atoms with Gasteiger partial charge in [-0.25, -0.2) is 18.7 Å². The van der Waals surface area contributed by atoms with E-state index in [9.17, 15) is 19.0 Å². The standard InChI is InChI=1S/C14H13F2N3O4/c1-3-13(22)11(21)14(16,5-20)23-12(13)19-4-8(15)9-7(2)17-6-18-10(9)19/h1,4,6,11-12,20-22H,5H2,2H3/t11-,12+,13+,14+/m0/s1. The predicted molar refractivity (Wildman–Crippen MR) is 73.1 cm³/mol. The van der Waals surface area contributed by atoms with Crippen molar-refractivity contribution in [1.82, 2.24) is 14.5 Å². The number of fused-ring (bicyclic) bond motifs is 1. The Balaban J connectivity index is 2.23. The van der Waals surface area contributed by atoms with Gasteiger partial charge in [-0.1, -0.05) is 5.92 Å². The van der Waals surface area contributed by atoms with Crippen molar-refractivity contribution in [2.24, 2.45) is 0 Å². The molecule has 23 heavy (non-hydrogen) atoms. The number of alkyl halides is 1. The molecule has 9 heteroatoms. The highest BCUT2D eigenvalue weighted by Crippen LogP contribution is 2.46. The molecule has 1 fully saturated rings. The maximum Gasteiger partial charge on any atom is 0.264 e. The number of terminal acetylenes is 1. The largest absolute Gasteiger partial charge is 0.390 e. The molecule has 1 aliphatic rings. The van der Waals surface area contributed by atoms with Crippen molar-refractivity contribution in [3.05, 3.63) is 24.0 Å². The molecule has 1 aliphatic heterocycles. The van der Waals surface area contributed by atoms with E-state index >= 15 is 0 Å². The fraction of sp³-hybridized carbons (Fsp3) is 0.429. The van der Waals surface area contributed by atoms with E-state index in [2.05, 4.69) is 9.97 Å². The molecule has 4 atom stereocenters. The fourth-order valence-electron chi connectivity index (χ4n) is 2.71. The van der Waals surface area contributed by atoms with E-state index in [1.807, 2.05) is 5.92 Å². The van der Waals surface area contributed by atoms with Crippen molar-refractivity contribution < 1.29 is 28.8 Å². The van der Waals surface area contributed by atoms with Gasteiger partial charge in [-0.3, -0.25) is 4.57 Å². The van der Waals surface area contributed by atoms with E-state index in [0.717, 1.165) is 17.1 Å². The zero-order chi connectivity index (χ0) is 17.0. The third-order valence-corrected chi connectivity index (χ3v) is 3.96. The van der Waals surface area contributed by atoms with E-state index in [1.165, 1.54) is 0 Å². The van der Waals surface area contributed by atoms with Crippen LogP contribution in [0.15, 0.2) is 12.5 Å². The lowest BCUT2D eigenvalue weighted by atomic mass is 9.94. The summed E-state index contributed by atoms with van der Waals surface area (Å²) in [5, 5.41) is 29.5. The highest BCUT2D eigenvalue weighted by atomic mass is 19.2. The van der Waals surface area contributed by atoms with E-state index in [-0.39, 0.29) is 11.0 Å². The number of aromatic nitrogens is 3. The number of nitrogens with zero attached hydrogens (tertiary/aromatic N) is 3. The topological polar surface area (TPSA) is 101 Å². The van der Waals surface area contributed by atoms with Gasteiger partial charge in [0.15, 0.2) is 18.1 Å². The molecule has 0 saturated carbocycles. The number of aryl methyl sites for hydroxylation is 1. The van der Waals surface area contributed by atoms with Crippen LogP contribution < -0.4 is 0 Å². The number of hydrogen-bond acceptors (Lipinski definition) is 6. The second kappa shape index (κ2) is 4.94. The van der Waals surface area contributed by atoms with Gasteiger partial charge in [0.05, 0.1) is 11.1 Å². The summed E-state index contributed by atoms with van der Waals surface area (Å²) >= 11 is 0. The van der Waals surface area contributed by atoms with E-state index in [1.54, 1.807) is 6.92 Å². The molecule has 2 aromatic rings. The summed E-state index contributed by atoms with van der Waals surface area (Å²) in [4.78, 5) is 7.74. The molecule has 1 saturated heterocycles. The molecule has 122 valence electrons. The highest BCUT2D eigenvalue weighted by Gasteiger charge is 2.64. The molecule has 0 radical (unpaired) electrons. The van der Waals surface area contributed by atoms with Crippen molar-refractivity contribution in [2.45, 2.75) is 30.7 Å². The molecule has 0 unspecified atom stereocenters. The maximum absolute atomic E-state index is 14.4. The Morgan fingerprint density at radius 3 is 2.83 bits per heavy atom. The van der Waals surface area contributed by atoms with Gasteiger partial charge < -0.3 is 20.1 Å². The summed E-state index contributed by atoms with van der Waals surface area (Å²) < 4.78 is 34.5. The van der Waals surface area contributed by atoms with Crippen LogP contribution in [0.3, 0.4) is 0 Å². The van der Waals surface area contributed by atoms with Gasteiger partial charge in [-0.2, -0.15) is 0 Å². The van der Waals surface area contributed by atoms with Crippen LogP contribution >= 0.6 is 0 Å². The van der Waals surface area contributed by atoms with E-state index in [4.69, 9.17) is 16.3 Å². The third kappa shape index (κ3) is 1.96. The Hall–Kier alpha value is -2.12. The predicted octanol–water partition coefficient (Wildman–Crippen LogP) is -0.209. The van der Waals surface area contributed by atoms with Gasteiger partial charge in [-0.15, -0.1) is 6.42 Å². The Bertz CT molecular complexity index is 820. The molecule has 0 spiro atoms. The summed E-state index contributed by atoms with van der Waals surface area (Å²) in [5.41, 5.74) is -2.21. The van der Waals surface area contributed by atoms with Crippen LogP contribution in [-0.2, 0) is 4.74 Å². The number of aliphatic hydroxyl groups is 3. The number of rotatable bonds is 2. The van der Waals surface area contributed by atoms with E-state index in [0.29, 0.717) is 5.69 Å². The van der Waals surface area contributed by atoms with Gasteiger partial charge in [0.1, 0.15) is 18.6 Å². The molecular formula is C14H13F2N3O4. The van der Waals surface area contributed by atoms with Crippen LogP contribution in [-0.4, -0.2) is 54.0 Å². The number of aliphatic hydroxyl groups excluding tert-OH is 2. The Morgan fingerprint density at radius 1 is 1.52 bits per heavy atom. The van der Waals surface area contributed by atoms with Crippen LogP contribution in [0.25, 0.3) is 11.0 Å². The van der Waals surface area contributed by atoms with E-state index < -0.39 is 36.2 Å². The first-order valence-electron chi connectivity index (χ1n) is 6.62. The number of hydrogen-bond donors (Lipinski definition) is 3. The zero-order valence-corrected chi connectivity index (χ0v) is 11.9. The number of ether oxygens (including phenoxy) is 1. The lowest BCUT2D eigenvalue weighted by Crippen LogP contribution is -2.49. The van der Waals surface area contributed by atoms with Crippen molar-refractivity contribution in [3.8, 4) is 12.3 Å². The molecule has 2 aromatic heterocycles. The van der Waals surface area contributed by atoms with Crippen LogP contribution in [0.4, 0.5) is 8.78 Å². The molecule has 7 nitrogen and oxygen atoms in total. The summed E-state index contributed by atoms with van der Waals surface area (Å²) in [6.45, 7) is 0.298. The van der Waals surface area contributed by atoms with Gasteiger partial charge in [0.25, 0.3) is 5.85 Å². The van der Waals surface area contributed by atoms with Gasteiger partial charge in [0, 0.05) is 6.20 Å². The average Bonchev–Trinajstić information content (AvgIpc) is 2.97. The van der Waals surface area contributed by atoms with Crippen molar-refractivity contribution in [2.75, 3.05) is 6.61 Å². The minimum absolute atomic E-state index is 0.00284. The molecule has 0 bridgehead atoms. The third-order valence-electron chi connectivity index (χ3n) is 3.96. The fourth-order valence-corrected chi connectivity index (χ4v) is 2.71. The van der Waals surface area contributed by atoms with Crippen molar-refractivity contribution >= 4 is 11.0 Å². The van der Waals surface area contributed by atoms with Gasteiger partial charge >= 0.3 is 0 Å². The first-order valence-corrected chi connectivity index (χ1v) is 6.62. The zero-order valence-electron chi connectivity index (χ0n) is 11.9. The summed E-state index contributed by atoms with van der Waals surface area (Å²) in [7, 11) is 0. The Kier molecular flexibility index (Phi) is 3.38. The smallest absolute Gasteiger partial charge is 0.264 e. The first kappa shape index (κ1) is 15.8. The lowest BCUT2D eigenvalue weighted by molar-refractivity contribution is -0.206. The van der Waals surface area contributed by atoms with Crippen LogP contribution in [0.5, 0.6) is 0 Å². The number of halogens is 2. The van der Waals surface area contributed by atoms with Crippen molar-refractivity contribution in [1.29, 1.82) is 0 Å². The summed E-state index contributed by atoms with van der Waals surface area (Å²) in [5.74, 6) is -1.87. The van der Waals surface area contributed by atoms with Gasteiger partial charge in [-0.05, 0) is 6.92 Å². The normalized spacial score (nSPS) is 34.0. The molecule has 3 rings (SSSR count). The van der Waals surface area contributed by atoms with Crippen LogP contribution in [0.1, 0.15) is 11.9 Å². The van der Waals surface area contributed by atoms with Gasteiger partial charge in [0.2, 0.25) is 5.60 Å². The quantitative estimate of drug-likeness (QED) is 0.661. The van der Waals surface area contributed by atoms with Crippen LogP contribution in [0.2, 0.25) is 0 Å². The monoisotopic (exact) mass is 325 g/mol. The molecule has 0 aliphatic carbocycles. The Morgan fingerprint density at radius 2 is 2.22 bits per heavy atom. The average molecular weight is 325 g/mol. The second-order valence-corrected chi connectivity index (χ2v) is 5.33. The maximum atomic E-state index is 14.4. The molecule has 3 N–H and O–H groups in total. The molecule has 3 heterocycles.